The van der Waals surface area contributed by atoms with Crippen LogP contribution >= 0.6 is 0 Å². The summed E-state index contributed by atoms with van der Waals surface area (Å²) in [5, 5.41) is 0.918. The summed E-state index contributed by atoms with van der Waals surface area (Å²) in [6, 6.07) is 24.1. The number of para-hydroxylation sites is 2. The number of aromatic amines is 1. The van der Waals surface area contributed by atoms with Crippen LogP contribution in [0.2, 0.25) is 0 Å². The number of carbonyl (C=O) groups is 1. The highest BCUT2D eigenvalue weighted by Crippen LogP contribution is 2.34. The highest BCUT2D eigenvalue weighted by atomic mass is 16.1. The minimum atomic E-state index is 0.0544. The second-order valence-electron chi connectivity index (χ2n) is 7.22. The van der Waals surface area contributed by atoms with Gasteiger partial charge in [0.2, 0.25) is 0 Å². The maximum atomic E-state index is 12.2. The first-order valence-corrected chi connectivity index (χ1v) is 9.57. The molecule has 0 atom stereocenters. The van der Waals surface area contributed by atoms with Gasteiger partial charge in [0.05, 0.1) is 22.4 Å². The maximum absolute atomic E-state index is 12.2. The van der Waals surface area contributed by atoms with Gasteiger partial charge in [-0.3, -0.25) is 4.79 Å². The number of hydrogen-bond donors (Lipinski definition) is 1. The van der Waals surface area contributed by atoms with Crippen molar-refractivity contribution in [3.63, 3.8) is 0 Å². The van der Waals surface area contributed by atoms with E-state index in [1.807, 2.05) is 79.7 Å². The molecule has 29 heavy (non-hydrogen) atoms. The van der Waals surface area contributed by atoms with E-state index in [1.54, 1.807) is 6.92 Å². The second kappa shape index (κ2) is 6.67. The molecule has 4 heteroatoms. The molecule has 0 aliphatic heterocycles. The lowest BCUT2D eigenvalue weighted by atomic mass is 10.00. The fraction of sp³-hybridized carbons (Fsp3) is 0.0800. The average molecular weight is 377 g/mol. The molecular weight excluding hydrogens is 358 g/mol. The summed E-state index contributed by atoms with van der Waals surface area (Å²) in [5.74, 6) is 0.0544. The van der Waals surface area contributed by atoms with Crippen LogP contribution < -0.4 is 0 Å². The van der Waals surface area contributed by atoms with Gasteiger partial charge in [-0.15, -0.1) is 0 Å². The number of nitrogens with zero attached hydrogens (tertiary/aromatic N) is 2. The van der Waals surface area contributed by atoms with Gasteiger partial charge < -0.3 is 4.98 Å². The van der Waals surface area contributed by atoms with E-state index >= 15 is 0 Å². The number of fused-ring (bicyclic) bond motifs is 2. The van der Waals surface area contributed by atoms with E-state index < -0.39 is 0 Å². The zero-order chi connectivity index (χ0) is 20.0. The molecule has 0 spiro atoms. The van der Waals surface area contributed by atoms with E-state index in [2.05, 4.69) is 4.98 Å². The summed E-state index contributed by atoms with van der Waals surface area (Å²) in [7, 11) is 0. The molecule has 4 nitrogen and oxygen atoms in total. The first-order valence-electron chi connectivity index (χ1n) is 9.57. The number of Topliss-reactive ketones (excluding diaryl/α,β-unsaturated/α-hetero) is 1. The minimum absolute atomic E-state index is 0.0544. The SMILES string of the molecule is CC(=O)c1c(C)[nH]c2ccc(-c3nc4ccccc4nc3-c3ccccc3)cc12. The van der Waals surface area contributed by atoms with Crippen molar-refractivity contribution in [2.24, 2.45) is 0 Å². The first-order chi connectivity index (χ1) is 14.1. The highest BCUT2D eigenvalue weighted by Gasteiger charge is 2.17. The quantitative estimate of drug-likeness (QED) is 0.395. The lowest BCUT2D eigenvalue weighted by molar-refractivity contribution is 0.101. The van der Waals surface area contributed by atoms with Crippen LogP contribution in [-0.2, 0) is 0 Å². The predicted octanol–water partition coefficient (Wildman–Crippen LogP) is 5.96. The third-order valence-electron chi connectivity index (χ3n) is 5.23. The number of nitrogens with one attached hydrogen (secondary N) is 1. The van der Waals surface area contributed by atoms with Gasteiger partial charge in [0.1, 0.15) is 0 Å². The molecule has 0 aliphatic carbocycles. The summed E-state index contributed by atoms with van der Waals surface area (Å²) in [6.45, 7) is 3.54. The Morgan fingerprint density at radius 1 is 0.793 bits per heavy atom. The molecule has 0 aliphatic rings. The molecule has 2 aromatic heterocycles. The van der Waals surface area contributed by atoms with Crippen LogP contribution in [-0.4, -0.2) is 20.7 Å². The topological polar surface area (TPSA) is 58.6 Å². The normalized spacial score (nSPS) is 11.2. The van der Waals surface area contributed by atoms with Crippen LogP contribution in [0.5, 0.6) is 0 Å². The predicted molar refractivity (Wildman–Crippen MR) is 117 cm³/mol. The van der Waals surface area contributed by atoms with Crippen molar-refractivity contribution in [2.45, 2.75) is 13.8 Å². The van der Waals surface area contributed by atoms with Gasteiger partial charge in [-0.05, 0) is 38.1 Å². The van der Waals surface area contributed by atoms with Crippen molar-refractivity contribution in [1.82, 2.24) is 15.0 Å². The van der Waals surface area contributed by atoms with Gasteiger partial charge in [-0.2, -0.15) is 0 Å². The van der Waals surface area contributed by atoms with Crippen molar-refractivity contribution in [3.8, 4) is 22.5 Å². The van der Waals surface area contributed by atoms with E-state index in [9.17, 15) is 4.79 Å². The fourth-order valence-corrected chi connectivity index (χ4v) is 3.93. The molecule has 5 aromatic rings. The Bertz CT molecular complexity index is 1380. The van der Waals surface area contributed by atoms with E-state index in [4.69, 9.17) is 9.97 Å². The van der Waals surface area contributed by atoms with Crippen LogP contribution in [0.3, 0.4) is 0 Å². The van der Waals surface area contributed by atoms with Crippen molar-refractivity contribution in [2.75, 3.05) is 0 Å². The number of carbonyl (C=O) groups excluding carboxylic acids is 1. The molecule has 0 bridgehead atoms. The third kappa shape index (κ3) is 2.90. The lowest BCUT2D eigenvalue weighted by Crippen LogP contribution is -1.96. The van der Waals surface area contributed by atoms with E-state index in [1.165, 1.54) is 0 Å². The zero-order valence-electron chi connectivity index (χ0n) is 16.2. The molecule has 5 rings (SSSR count). The van der Waals surface area contributed by atoms with Crippen molar-refractivity contribution >= 4 is 27.7 Å². The second-order valence-corrected chi connectivity index (χ2v) is 7.22. The standard InChI is InChI=1S/C25H19N3O/c1-15-23(16(2)29)19-14-18(12-13-20(19)26-15)25-24(17-8-4-3-5-9-17)27-21-10-6-7-11-22(21)28-25/h3-14,26H,1-2H3. The largest absolute Gasteiger partial charge is 0.358 e. The van der Waals surface area contributed by atoms with Gasteiger partial charge in [-0.1, -0.05) is 48.5 Å². The number of hydrogen-bond acceptors (Lipinski definition) is 3. The molecule has 0 saturated carbocycles. The van der Waals surface area contributed by atoms with Crippen molar-refractivity contribution in [3.05, 3.63) is 84.1 Å². The number of H-pyrrole nitrogens is 1. The van der Waals surface area contributed by atoms with Gasteiger partial charge in [0.25, 0.3) is 0 Å². The Morgan fingerprint density at radius 3 is 2.07 bits per heavy atom. The zero-order valence-corrected chi connectivity index (χ0v) is 16.2. The van der Waals surface area contributed by atoms with Crippen LogP contribution in [0.15, 0.2) is 72.8 Å². The summed E-state index contributed by atoms with van der Waals surface area (Å²) >= 11 is 0. The molecule has 0 unspecified atom stereocenters. The molecule has 0 radical (unpaired) electrons. The Morgan fingerprint density at radius 2 is 1.41 bits per heavy atom. The average Bonchev–Trinajstić information content (AvgIpc) is 3.08. The Labute approximate surface area is 168 Å². The summed E-state index contributed by atoms with van der Waals surface area (Å²) < 4.78 is 0. The lowest BCUT2D eigenvalue weighted by Gasteiger charge is -2.11. The minimum Gasteiger partial charge on any atom is -0.358 e. The number of aryl methyl sites for hydroxylation is 1. The monoisotopic (exact) mass is 377 g/mol. The summed E-state index contributed by atoms with van der Waals surface area (Å²) in [6.07, 6.45) is 0. The fourth-order valence-electron chi connectivity index (χ4n) is 3.93. The Balaban J connectivity index is 1.82. The molecular formula is C25H19N3O. The Hall–Kier alpha value is -3.79. The molecule has 140 valence electrons. The van der Waals surface area contributed by atoms with Gasteiger partial charge >= 0.3 is 0 Å². The third-order valence-corrected chi connectivity index (χ3v) is 5.23. The van der Waals surface area contributed by atoms with Gasteiger partial charge in [0, 0.05) is 33.3 Å². The number of benzene rings is 3. The molecule has 0 amide bonds. The molecule has 1 N–H and O–H groups in total. The van der Waals surface area contributed by atoms with Crippen LogP contribution in [0.25, 0.3) is 44.5 Å². The van der Waals surface area contributed by atoms with Crippen LogP contribution in [0.4, 0.5) is 0 Å². The summed E-state index contributed by atoms with van der Waals surface area (Å²) in [4.78, 5) is 25.4. The maximum Gasteiger partial charge on any atom is 0.162 e. The van der Waals surface area contributed by atoms with E-state index in [0.29, 0.717) is 0 Å². The molecule has 0 fully saturated rings. The van der Waals surface area contributed by atoms with Crippen LogP contribution in [0, 0.1) is 6.92 Å². The van der Waals surface area contributed by atoms with E-state index in [0.717, 1.165) is 55.7 Å². The first kappa shape index (κ1) is 17.3. The Kier molecular flexibility index (Phi) is 3.98. The number of rotatable bonds is 3. The summed E-state index contributed by atoms with van der Waals surface area (Å²) in [5.41, 5.74) is 7.87. The van der Waals surface area contributed by atoms with E-state index in [-0.39, 0.29) is 5.78 Å². The number of aromatic nitrogens is 3. The number of ketones is 1. The highest BCUT2D eigenvalue weighted by molar-refractivity contribution is 6.09. The smallest absolute Gasteiger partial charge is 0.162 e. The molecule has 2 heterocycles. The van der Waals surface area contributed by atoms with Gasteiger partial charge in [-0.25, -0.2) is 9.97 Å². The van der Waals surface area contributed by atoms with Crippen LogP contribution in [0.1, 0.15) is 23.0 Å². The molecule has 0 saturated heterocycles. The molecule has 3 aromatic carbocycles. The van der Waals surface area contributed by atoms with Crippen molar-refractivity contribution < 1.29 is 4.79 Å². The van der Waals surface area contributed by atoms with Gasteiger partial charge in [0.15, 0.2) is 5.78 Å². The van der Waals surface area contributed by atoms with Crippen molar-refractivity contribution in [1.29, 1.82) is 0 Å².